The number of hydrogen-bond donors (Lipinski definition) is 3. The largest absolute Gasteiger partial charge is 0.392 e. The topological polar surface area (TPSA) is 69.6 Å². The van der Waals surface area contributed by atoms with Crippen LogP contribution in [0.5, 0.6) is 0 Å². The molecule has 1 amide bonds. The summed E-state index contributed by atoms with van der Waals surface area (Å²) in [4.78, 5) is 11.8. The van der Waals surface area contributed by atoms with Gasteiger partial charge in [0.2, 0.25) is 0 Å². The van der Waals surface area contributed by atoms with Crippen molar-refractivity contribution < 1.29 is 15.0 Å². The molecule has 0 spiro atoms. The van der Waals surface area contributed by atoms with E-state index in [1.165, 1.54) is 6.92 Å². The van der Waals surface area contributed by atoms with E-state index >= 15 is 0 Å². The van der Waals surface area contributed by atoms with Gasteiger partial charge in [0.15, 0.2) is 0 Å². The molecular formula is C14H21NO3. The van der Waals surface area contributed by atoms with Gasteiger partial charge < -0.3 is 15.5 Å². The Balaban J connectivity index is 2.62. The van der Waals surface area contributed by atoms with Crippen LogP contribution in [0.15, 0.2) is 24.3 Å². The Hall–Kier alpha value is -1.39. The van der Waals surface area contributed by atoms with Crippen LogP contribution in [0, 0.1) is 0 Å². The number of nitrogens with one attached hydrogen (secondary N) is 1. The van der Waals surface area contributed by atoms with Gasteiger partial charge in [-0.1, -0.05) is 37.6 Å². The number of carbonyl (C=O) groups excluding carboxylic acids is 1. The van der Waals surface area contributed by atoms with Crippen LogP contribution in [0.2, 0.25) is 0 Å². The van der Waals surface area contributed by atoms with Crippen LogP contribution in [0.1, 0.15) is 37.8 Å². The van der Waals surface area contributed by atoms with Crippen molar-refractivity contribution in [3.05, 3.63) is 35.4 Å². The van der Waals surface area contributed by atoms with Gasteiger partial charge in [0.25, 0.3) is 5.91 Å². The number of rotatable bonds is 6. The second-order valence-electron chi connectivity index (χ2n) is 4.63. The Morgan fingerprint density at radius 2 is 1.94 bits per heavy atom. The normalized spacial score (nSPS) is 14.0. The highest BCUT2D eigenvalue weighted by Crippen LogP contribution is 2.13. The van der Waals surface area contributed by atoms with E-state index in [0.717, 1.165) is 17.5 Å². The van der Waals surface area contributed by atoms with Crippen molar-refractivity contribution in [2.75, 3.05) is 0 Å². The van der Waals surface area contributed by atoms with Gasteiger partial charge in [-0.3, -0.25) is 4.79 Å². The number of carbonyl (C=O) groups is 1. The van der Waals surface area contributed by atoms with E-state index in [0.29, 0.717) is 13.0 Å². The van der Waals surface area contributed by atoms with Crippen LogP contribution in [0.3, 0.4) is 0 Å². The standard InChI is InChI=1S/C14H21NO3/c1-3-8-14(2,18)13(17)15-9-11-6-4-5-7-12(11)10-16/h4-7,16,18H,3,8-10H2,1-2H3,(H,15,17). The molecule has 0 saturated carbocycles. The van der Waals surface area contributed by atoms with Crippen LogP contribution in [-0.4, -0.2) is 21.7 Å². The van der Waals surface area contributed by atoms with E-state index in [1.807, 2.05) is 31.2 Å². The number of aliphatic hydroxyl groups excluding tert-OH is 1. The predicted octanol–water partition coefficient (Wildman–Crippen LogP) is 1.35. The minimum atomic E-state index is -1.33. The third-order valence-corrected chi connectivity index (χ3v) is 2.95. The lowest BCUT2D eigenvalue weighted by Crippen LogP contribution is -2.44. The molecule has 0 aromatic heterocycles. The van der Waals surface area contributed by atoms with E-state index in [4.69, 9.17) is 5.11 Å². The predicted molar refractivity (Wildman–Crippen MR) is 69.7 cm³/mol. The van der Waals surface area contributed by atoms with Crippen LogP contribution < -0.4 is 5.32 Å². The first-order chi connectivity index (χ1) is 8.51. The van der Waals surface area contributed by atoms with Crippen molar-refractivity contribution in [2.24, 2.45) is 0 Å². The molecule has 1 aromatic carbocycles. The van der Waals surface area contributed by atoms with E-state index in [2.05, 4.69) is 5.32 Å². The third-order valence-electron chi connectivity index (χ3n) is 2.95. The molecule has 3 N–H and O–H groups in total. The molecule has 0 heterocycles. The SMILES string of the molecule is CCCC(C)(O)C(=O)NCc1ccccc1CO. The molecule has 4 heteroatoms. The van der Waals surface area contributed by atoms with Gasteiger partial charge in [-0.2, -0.15) is 0 Å². The fourth-order valence-corrected chi connectivity index (χ4v) is 1.85. The second-order valence-corrected chi connectivity index (χ2v) is 4.63. The number of hydrogen-bond acceptors (Lipinski definition) is 3. The maximum absolute atomic E-state index is 11.8. The summed E-state index contributed by atoms with van der Waals surface area (Å²) in [6, 6.07) is 7.35. The highest BCUT2D eigenvalue weighted by Gasteiger charge is 2.28. The lowest BCUT2D eigenvalue weighted by Gasteiger charge is -2.21. The minimum Gasteiger partial charge on any atom is -0.392 e. The van der Waals surface area contributed by atoms with Crippen molar-refractivity contribution >= 4 is 5.91 Å². The third kappa shape index (κ3) is 3.82. The summed E-state index contributed by atoms with van der Waals surface area (Å²) in [7, 11) is 0. The van der Waals surface area contributed by atoms with Gasteiger partial charge in [0, 0.05) is 6.54 Å². The Labute approximate surface area is 108 Å². The molecule has 0 fully saturated rings. The Morgan fingerprint density at radius 1 is 1.33 bits per heavy atom. The maximum Gasteiger partial charge on any atom is 0.251 e. The van der Waals surface area contributed by atoms with Gasteiger partial charge in [-0.15, -0.1) is 0 Å². The fraction of sp³-hybridized carbons (Fsp3) is 0.500. The average molecular weight is 251 g/mol. The molecule has 1 aromatic rings. The second kappa shape index (κ2) is 6.52. The summed E-state index contributed by atoms with van der Waals surface area (Å²) in [6.45, 7) is 3.69. The quantitative estimate of drug-likeness (QED) is 0.714. The first kappa shape index (κ1) is 14.7. The zero-order valence-electron chi connectivity index (χ0n) is 10.9. The first-order valence-corrected chi connectivity index (χ1v) is 6.19. The van der Waals surface area contributed by atoms with Crippen molar-refractivity contribution in [1.29, 1.82) is 0 Å². The summed E-state index contributed by atoms with van der Waals surface area (Å²) in [5, 5.41) is 21.8. The van der Waals surface area contributed by atoms with Gasteiger partial charge in [0.05, 0.1) is 6.61 Å². The molecule has 1 rings (SSSR count). The average Bonchev–Trinajstić information content (AvgIpc) is 2.36. The van der Waals surface area contributed by atoms with Crippen LogP contribution in [0.25, 0.3) is 0 Å². The van der Waals surface area contributed by atoms with Gasteiger partial charge in [-0.25, -0.2) is 0 Å². The van der Waals surface area contributed by atoms with E-state index in [-0.39, 0.29) is 12.5 Å². The zero-order chi connectivity index (χ0) is 13.6. The molecule has 18 heavy (non-hydrogen) atoms. The Morgan fingerprint density at radius 3 is 2.50 bits per heavy atom. The Kier molecular flexibility index (Phi) is 5.31. The summed E-state index contributed by atoms with van der Waals surface area (Å²) in [5.41, 5.74) is 0.316. The first-order valence-electron chi connectivity index (χ1n) is 6.19. The molecule has 0 bridgehead atoms. The highest BCUT2D eigenvalue weighted by atomic mass is 16.3. The molecule has 100 valence electrons. The van der Waals surface area contributed by atoms with Gasteiger partial charge >= 0.3 is 0 Å². The Bertz CT molecular complexity index is 402. The van der Waals surface area contributed by atoms with E-state index < -0.39 is 5.60 Å². The van der Waals surface area contributed by atoms with Gasteiger partial charge in [-0.05, 0) is 24.5 Å². The zero-order valence-corrected chi connectivity index (χ0v) is 10.9. The maximum atomic E-state index is 11.8. The lowest BCUT2D eigenvalue weighted by molar-refractivity contribution is -0.138. The van der Waals surface area contributed by atoms with Crippen molar-refractivity contribution in [3.8, 4) is 0 Å². The monoisotopic (exact) mass is 251 g/mol. The van der Waals surface area contributed by atoms with Crippen LogP contribution in [-0.2, 0) is 17.9 Å². The molecule has 0 radical (unpaired) electrons. The van der Waals surface area contributed by atoms with Crippen molar-refractivity contribution in [3.63, 3.8) is 0 Å². The number of aliphatic hydroxyl groups is 2. The van der Waals surface area contributed by atoms with E-state index in [9.17, 15) is 9.90 Å². The molecule has 4 nitrogen and oxygen atoms in total. The highest BCUT2D eigenvalue weighted by molar-refractivity contribution is 5.84. The van der Waals surface area contributed by atoms with Crippen LogP contribution in [0.4, 0.5) is 0 Å². The smallest absolute Gasteiger partial charge is 0.251 e. The molecule has 0 aliphatic heterocycles. The summed E-state index contributed by atoms with van der Waals surface area (Å²) < 4.78 is 0. The molecular weight excluding hydrogens is 230 g/mol. The molecule has 1 atom stereocenters. The van der Waals surface area contributed by atoms with Gasteiger partial charge in [0.1, 0.15) is 5.60 Å². The van der Waals surface area contributed by atoms with Crippen molar-refractivity contribution in [2.45, 2.75) is 45.4 Å². The molecule has 0 aliphatic carbocycles. The molecule has 1 unspecified atom stereocenters. The number of benzene rings is 1. The fourth-order valence-electron chi connectivity index (χ4n) is 1.85. The molecule has 0 aliphatic rings. The van der Waals surface area contributed by atoms with Crippen LogP contribution >= 0.6 is 0 Å². The summed E-state index contributed by atoms with van der Waals surface area (Å²) in [5.74, 6) is -0.378. The summed E-state index contributed by atoms with van der Waals surface area (Å²) in [6.07, 6.45) is 1.17. The minimum absolute atomic E-state index is 0.0581. The van der Waals surface area contributed by atoms with Crippen molar-refractivity contribution in [1.82, 2.24) is 5.32 Å². The number of amides is 1. The lowest BCUT2D eigenvalue weighted by atomic mass is 9.99. The van der Waals surface area contributed by atoms with E-state index in [1.54, 1.807) is 0 Å². The molecule has 0 saturated heterocycles. The summed E-state index contributed by atoms with van der Waals surface area (Å²) >= 11 is 0.